The van der Waals surface area contributed by atoms with Crippen molar-refractivity contribution in [3.05, 3.63) is 120 Å². The number of amides is 2. The summed E-state index contributed by atoms with van der Waals surface area (Å²) in [5, 5.41) is 6.78. The third kappa shape index (κ3) is 8.66. The summed E-state index contributed by atoms with van der Waals surface area (Å²) < 4.78 is 39.1. The second-order valence-corrected chi connectivity index (χ2v) is 11.3. The molecule has 0 fully saturated rings. The Morgan fingerprint density at radius 1 is 0.884 bits per heavy atom. The van der Waals surface area contributed by atoms with E-state index >= 15 is 0 Å². The molecule has 0 bridgehead atoms. The molecule has 4 rings (SSSR count). The monoisotopic (exact) mass is 600 g/mol. The van der Waals surface area contributed by atoms with Gasteiger partial charge in [0.25, 0.3) is 21.8 Å². The lowest BCUT2D eigenvalue weighted by atomic mass is 10.2. The van der Waals surface area contributed by atoms with Gasteiger partial charge in [-0.05, 0) is 72.1 Å². The van der Waals surface area contributed by atoms with Crippen LogP contribution in [0.5, 0.6) is 11.5 Å². The maximum Gasteiger partial charge on any atom is 0.264 e. The van der Waals surface area contributed by atoms with Gasteiger partial charge in [0.2, 0.25) is 0 Å². The molecular formula is C32H32N4O6S. The Morgan fingerprint density at radius 2 is 1.56 bits per heavy atom. The topological polar surface area (TPSA) is 126 Å². The first-order chi connectivity index (χ1) is 20.8. The smallest absolute Gasteiger partial charge is 0.264 e. The maximum atomic E-state index is 13.6. The van der Waals surface area contributed by atoms with E-state index in [1.165, 1.54) is 25.5 Å². The van der Waals surface area contributed by atoms with E-state index in [9.17, 15) is 18.0 Å². The van der Waals surface area contributed by atoms with Crippen LogP contribution < -0.4 is 24.5 Å². The van der Waals surface area contributed by atoms with E-state index in [1.54, 1.807) is 60.7 Å². The standard InChI is InChI=1S/C32H32N4O6S/c1-24-13-18-30(41-2)29(19-24)36(43(39,40)28-11-7-4-8-12-28)22-31(37)35-34-21-26-14-16-27(17-15-26)42-23-32(38)33-20-25-9-5-3-6-10-25/h3-19,21H,20,22-23H2,1-2H3,(H,33,38)(H,35,37)/b34-21-. The maximum absolute atomic E-state index is 13.6. The van der Waals surface area contributed by atoms with Crippen molar-refractivity contribution < 1.29 is 27.5 Å². The van der Waals surface area contributed by atoms with E-state index in [4.69, 9.17) is 9.47 Å². The minimum atomic E-state index is -4.11. The molecule has 0 aromatic heterocycles. The lowest BCUT2D eigenvalue weighted by Gasteiger charge is -2.25. The second kappa shape index (κ2) is 14.6. The molecular weight excluding hydrogens is 568 g/mol. The molecule has 0 saturated carbocycles. The normalized spacial score (nSPS) is 11.1. The Hall–Kier alpha value is -5.16. The predicted octanol–water partition coefficient (Wildman–Crippen LogP) is 4.04. The van der Waals surface area contributed by atoms with Gasteiger partial charge in [0.1, 0.15) is 18.0 Å². The zero-order chi connectivity index (χ0) is 30.7. The number of carbonyl (C=O) groups excluding carboxylic acids is 2. The Morgan fingerprint density at radius 3 is 2.23 bits per heavy atom. The molecule has 2 amide bonds. The Balaban J connectivity index is 1.36. The lowest BCUT2D eigenvalue weighted by Crippen LogP contribution is -2.39. The van der Waals surface area contributed by atoms with Crippen molar-refractivity contribution in [2.45, 2.75) is 18.4 Å². The summed E-state index contributed by atoms with van der Waals surface area (Å²) in [6.07, 6.45) is 1.41. The first kappa shape index (κ1) is 30.8. The first-order valence-corrected chi connectivity index (χ1v) is 14.8. The number of methoxy groups -OCH3 is 1. The molecule has 0 atom stereocenters. The number of benzene rings is 4. The number of hydrogen-bond donors (Lipinski definition) is 2. The van der Waals surface area contributed by atoms with Crippen LogP contribution in [0.15, 0.2) is 113 Å². The highest BCUT2D eigenvalue weighted by atomic mass is 32.2. The van der Waals surface area contributed by atoms with Gasteiger partial charge in [-0.15, -0.1) is 0 Å². The van der Waals surface area contributed by atoms with Crippen LogP contribution in [0.2, 0.25) is 0 Å². The number of sulfonamides is 1. The number of ether oxygens (including phenoxy) is 2. The number of carbonyl (C=O) groups is 2. The van der Waals surface area contributed by atoms with Crippen LogP contribution in [0.4, 0.5) is 5.69 Å². The molecule has 0 heterocycles. The van der Waals surface area contributed by atoms with E-state index in [1.807, 2.05) is 37.3 Å². The fourth-order valence-corrected chi connectivity index (χ4v) is 5.45. The van der Waals surface area contributed by atoms with E-state index < -0.39 is 22.5 Å². The first-order valence-electron chi connectivity index (χ1n) is 13.3. The molecule has 11 heteroatoms. The van der Waals surface area contributed by atoms with Crippen LogP contribution in [0.3, 0.4) is 0 Å². The third-order valence-corrected chi connectivity index (χ3v) is 7.98. The van der Waals surface area contributed by atoms with Crippen LogP contribution in [-0.2, 0) is 26.2 Å². The Labute approximate surface area is 251 Å². The molecule has 0 aliphatic heterocycles. The number of nitrogens with zero attached hydrogens (tertiary/aromatic N) is 2. The van der Waals surface area contributed by atoms with Crippen molar-refractivity contribution in [2.75, 3.05) is 24.6 Å². The molecule has 0 aliphatic rings. The van der Waals surface area contributed by atoms with E-state index in [-0.39, 0.29) is 23.1 Å². The van der Waals surface area contributed by atoms with E-state index in [0.29, 0.717) is 23.6 Å². The number of hydrogen-bond acceptors (Lipinski definition) is 7. The van der Waals surface area contributed by atoms with Crippen LogP contribution in [0, 0.1) is 6.92 Å². The molecule has 4 aromatic carbocycles. The number of anilines is 1. The van der Waals surface area contributed by atoms with Crippen molar-refractivity contribution in [3.63, 3.8) is 0 Å². The highest BCUT2D eigenvalue weighted by Crippen LogP contribution is 2.33. The van der Waals surface area contributed by atoms with Gasteiger partial charge in [0, 0.05) is 6.54 Å². The predicted molar refractivity (Wildman–Crippen MR) is 165 cm³/mol. The SMILES string of the molecule is COc1ccc(C)cc1N(CC(=O)N/N=C\c1ccc(OCC(=O)NCc2ccccc2)cc1)S(=O)(=O)c1ccccc1. The molecule has 4 aromatic rings. The summed E-state index contributed by atoms with van der Waals surface area (Å²) in [7, 11) is -2.68. The van der Waals surface area contributed by atoms with Gasteiger partial charge in [-0.3, -0.25) is 13.9 Å². The van der Waals surface area contributed by atoms with Gasteiger partial charge in [-0.2, -0.15) is 5.10 Å². The number of nitrogens with one attached hydrogen (secondary N) is 2. The summed E-state index contributed by atoms with van der Waals surface area (Å²) >= 11 is 0. The molecule has 0 saturated heterocycles. The molecule has 0 spiro atoms. The van der Waals surface area contributed by atoms with Crippen molar-refractivity contribution in [1.82, 2.24) is 10.7 Å². The van der Waals surface area contributed by atoms with Crippen LogP contribution in [0.25, 0.3) is 0 Å². The van der Waals surface area contributed by atoms with Gasteiger partial charge < -0.3 is 14.8 Å². The average molecular weight is 601 g/mol. The lowest BCUT2D eigenvalue weighted by molar-refractivity contribution is -0.123. The van der Waals surface area contributed by atoms with E-state index in [0.717, 1.165) is 15.4 Å². The molecule has 10 nitrogen and oxygen atoms in total. The molecule has 2 N–H and O–H groups in total. The molecule has 0 aliphatic carbocycles. The van der Waals surface area contributed by atoms with Gasteiger partial charge in [-0.25, -0.2) is 13.8 Å². The van der Waals surface area contributed by atoms with Crippen LogP contribution >= 0.6 is 0 Å². The van der Waals surface area contributed by atoms with E-state index in [2.05, 4.69) is 15.8 Å². The van der Waals surface area contributed by atoms with Gasteiger partial charge >= 0.3 is 0 Å². The number of aryl methyl sites for hydroxylation is 1. The van der Waals surface area contributed by atoms with Crippen molar-refractivity contribution in [1.29, 1.82) is 0 Å². The third-order valence-electron chi connectivity index (χ3n) is 6.21. The molecule has 43 heavy (non-hydrogen) atoms. The minimum absolute atomic E-state index is 0.0332. The Kier molecular flexibility index (Phi) is 10.5. The van der Waals surface area contributed by atoms with Crippen molar-refractivity contribution >= 4 is 33.7 Å². The van der Waals surface area contributed by atoms with Gasteiger partial charge in [-0.1, -0.05) is 54.6 Å². The number of rotatable bonds is 13. The molecule has 222 valence electrons. The number of hydrazone groups is 1. The molecule has 0 unspecified atom stereocenters. The average Bonchev–Trinajstić information content (AvgIpc) is 3.03. The van der Waals surface area contributed by atoms with Gasteiger partial charge in [0.15, 0.2) is 6.61 Å². The summed E-state index contributed by atoms with van der Waals surface area (Å²) in [6, 6.07) is 29.3. The highest BCUT2D eigenvalue weighted by molar-refractivity contribution is 7.92. The van der Waals surface area contributed by atoms with Crippen LogP contribution in [0.1, 0.15) is 16.7 Å². The van der Waals surface area contributed by atoms with Gasteiger partial charge in [0.05, 0.1) is 23.9 Å². The zero-order valence-corrected chi connectivity index (χ0v) is 24.6. The summed E-state index contributed by atoms with van der Waals surface area (Å²) in [6.45, 7) is 1.56. The Bertz CT molecular complexity index is 1660. The highest BCUT2D eigenvalue weighted by Gasteiger charge is 2.29. The summed E-state index contributed by atoms with van der Waals surface area (Å²) in [4.78, 5) is 25.0. The molecule has 0 radical (unpaired) electrons. The van der Waals surface area contributed by atoms with Crippen LogP contribution in [-0.4, -0.2) is 46.7 Å². The zero-order valence-electron chi connectivity index (χ0n) is 23.8. The fourth-order valence-electron chi connectivity index (χ4n) is 4.01. The van der Waals surface area contributed by atoms with Crippen molar-refractivity contribution in [2.24, 2.45) is 5.10 Å². The summed E-state index contributed by atoms with van der Waals surface area (Å²) in [5.41, 5.74) is 5.06. The quantitative estimate of drug-likeness (QED) is 0.176. The fraction of sp³-hybridized carbons (Fsp3) is 0.156. The largest absolute Gasteiger partial charge is 0.495 e. The van der Waals surface area contributed by atoms with Crippen molar-refractivity contribution in [3.8, 4) is 11.5 Å². The summed E-state index contributed by atoms with van der Waals surface area (Å²) in [5.74, 6) is -0.105. The minimum Gasteiger partial charge on any atom is -0.495 e. The second-order valence-electron chi connectivity index (χ2n) is 9.41.